The zero-order valence-corrected chi connectivity index (χ0v) is 17.8. The molecule has 1 aromatic rings. The molecule has 0 spiro atoms. The van der Waals surface area contributed by atoms with Crippen molar-refractivity contribution in [1.82, 2.24) is 0 Å². The van der Waals surface area contributed by atoms with Crippen molar-refractivity contribution in [2.24, 2.45) is 22.5 Å². The standard InChI is InChI=1S/C21H32BrNO2/c1-19(2,3)17-14-20(4,5)12-13-21(17,25-18(23)24)11-10-15-6-8-16(22)9-7-15/h6-9,17H,10-14H2,1-5H3,(H2,23,24). The Hall–Kier alpha value is -1.03. The van der Waals surface area contributed by atoms with E-state index in [1.165, 1.54) is 5.56 Å². The molecular weight excluding hydrogens is 378 g/mol. The van der Waals surface area contributed by atoms with Gasteiger partial charge in [0.25, 0.3) is 0 Å². The van der Waals surface area contributed by atoms with Gasteiger partial charge in [-0.2, -0.15) is 0 Å². The average molecular weight is 410 g/mol. The molecule has 0 bridgehead atoms. The Bertz CT molecular complexity index is 603. The van der Waals surface area contributed by atoms with E-state index in [9.17, 15) is 4.79 Å². The molecule has 25 heavy (non-hydrogen) atoms. The normalized spacial score (nSPS) is 26.2. The number of rotatable bonds is 4. The number of primary amides is 1. The fourth-order valence-corrected chi connectivity index (χ4v) is 4.60. The van der Waals surface area contributed by atoms with Crippen LogP contribution >= 0.6 is 15.9 Å². The number of halogens is 1. The lowest BCUT2D eigenvalue weighted by Gasteiger charge is -2.53. The van der Waals surface area contributed by atoms with Crippen molar-refractivity contribution in [2.45, 2.75) is 72.3 Å². The second kappa shape index (κ2) is 7.30. The van der Waals surface area contributed by atoms with Crippen LogP contribution in [0.2, 0.25) is 0 Å². The Balaban J connectivity index is 2.30. The average Bonchev–Trinajstić information content (AvgIpc) is 2.47. The van der Waals surface area contributed by atoms with E-state index in [0.29, 0.717) is 0 Å². The largest absolute Gasteiger partial charge is 0.443 e. The van der Waals surface area contributed by atoms with E-state index < -0.39 is 11.7 Å². The molecule has 1 saturated carbocycles. The molecule has 2 atom stereocenters. The molecule has 0 heterocycles. The summed E-state index contributed by atoms with van der Waals surface area (Å²) >= 11 is 3.48. The number of nitrogens with two attached hydrogens (primary N) is 1. The van der Waals surface area contributed by atoms with Gasteiger partial charge in [-0.3, -0.25) is 0 Å². The summed E-state index contributed by atoms with van der Waals surface area (Å²) in [6.45, 7) is 11.4. The molecule has 4 heteroatoms. The van der Waals surface area contributed by atoms with Gasteiger partial charge in [-0.05, 0) is 60.6 Å². The maximum absolute atomic E-state index is 11.8. The van der Waals surface area contributed by atoms with Crippen LogP contribution in [-0.4, -0.2) is 11.7 Å². The smallest absolute Gasteiger partial charge is 0.405 e. The molecule has 0 saturated heterocycles. The third-order valence-corrected chi connectivity index (χ3v) is 6.24. The van der Waals surface area contributed by atoms with Crippen LogP contribution in [0.15, 0.2) is 28.7 Å². The third kappa shape index (κ3) is 5.22. The maximum atomic E-state index is 11.8. The van der Waals surface area contributed by atoms with Gasteiger partial charge < -0.3 is 10.5 Å². The summed E-state index contributed by atoms with van der Waals surface area (Å²) in [5.74, 6) is 0.284. The lowest BCUT2D eigenvalue weighted by Crippen LogP contribution is -2.54. The Morgan fingerprint density at radius 3 is 2.36 bits per heavy atom. The molecule has 1 fully saturated rings. The quantitative estimate of drug-likeness (QED) is 0.653. The highest BCUT2D eigenvalue weighted by Crippen LogP contribution is 2.54. The van der Waals surface area contributed by atoms with Crippen LogP contribution in [0.3, 0.4) is 0 Å². The number of aryl methyl sites for hydroxylation is 1. The summed E-state index contributed by atoms with van der Waals surface area (Å²) in [6, 6.07) is 8.37. The highest BCUT2D eigenvalue weighted by atomic mass is 79.9. The Kier molecular flexibility index (Phi) is 5.92. The minimum Gasteiger partial charge on any atom is -0.443 e. The van der Waals surface area contributed by atoms with Gasteiger partial charge in [-0.15, -0.1) is 0 Å². The molecule has 1 aliphatic carbocycles. The zero-order valence-electron chi connectivity index (χ0n) is 16.2. The van der Waals surface area contributed by atoms with Gasteiger partial charge in [0.05, 0.1) is 0 Å². The van der Waals surface area contributed by atoms with Gasteiger partial charge in [-0.25, -0.2) is 4.79 Å². The van der Waals surface area contributed by atoms with Gasteiger partial charge >= 0.3 is 6.09 Å². The lowest BCUT2D eigenvalue weighted by atomic mass is 9.56. The van der Waals surface area contributed by atoms with Crippen molar-refractivity contribution in [2.75, 3.05) is 0 Å². The van der Waals surface area contributed by atoms with Crippen LogP contribution in [0.5, 0.6) is 0 Å². The summed E-state index contributed by atoms with van der Waals surface area (Å²) in [4.78, 5) is 11.8. The zero-order chi connectivity index (χ0) is 18.9. The Morgan fingerprint density at radius 2 is 1.84 bits per heavy atom. The molecule has 0 radical (unpaired) electrons. The molecule has 1 aromatic carbocycles. The van der Waals surface area contributed by atoms with Crippen molar-refractivity contribution < 1.29 is 9.53 Å². The highest BCUT2D eigenvalue weighted by Gasteiger charge is 2.52. The van der Waals surface area contributed by atoms with Crippen LogP contribution < -0.4 is 5.73 Å². The summed E-state index contributed by atoms with van der Waals surface area (Å²) in [5.41, 5.74) is 6.59. The molecule has 1 aliphatic rings. The first kappa shape index (κ1) is 20.3. The number of amides is 1. The minimum absolute atomic E-state index is 0.0485. The molecule has 1 amide bonds. The summed E-state index contributed by atoms with van der Waals surface area (Å²) < 4.78 is 6.96. The summed E-state index contributed by atoms with van der Waals surface area (Å²) in [5, 5.41) is 0. The second-order valence-electron chi connectivity index (χ2n) is 9.40. The summed E-state index contributed by atoms with van der Waals surface area (Å²) in [7, 11) is 0. The van der Waals surface area contributed by atoms with Gasteiger partial charge in [0.1, 0.15) is 5.60 Å². The van der Waals surface area contributed by atoms with Crippen LogP contribution in [0, 0.1) is 16.7 Å². The van der Waals surface area contributed by atoms with Gasteiger partial charge in [0.15, 0.2) is 0 Å². The first-order valence-electron chi connectivity index (χ1n) is 9.16. The van der Waals surface area contributed by atoms with E-state index in [4.69, 9.17) is 10.5 Å². The number of benzene rings is 1. The predicted molar refractivity (Wildman–Crippen MR) is 106 cm³/mol. The summed E-state index contributed by atoms with van der Waals surface area (Å²) in [6.07, 6.45) is 4.02. The molecule has 2 unspecified atom stereocenters. The van der Waals surface area contributed by atoms with Gasteiger partial charge in [-0.1, -0.05) is 62.7 Å². The topological polar surface area (TPSA) is 52.3 Å². The number of hydrogen-bond donors (Lipinski definition) is 1. The van der Waals surface area contributed by atoms with Gasteiger partial charge in [0, 0.05) is 10.4 Å². The minimum atomic E-state index is -0.648. The molecule has 0 aromatic heterocycles. The fourth-order valence-electron chi connectivity index (χ4n) is 4.34. The molecule has 2 N–H and O–H groups in total. The SMILES string of the molecule is CC1(C)CCC(CCc2ccc(Br)cc2)(OC(N)=O)C(C(C)(C)C)C1. The Labute approximate surface area is 160 Å². The molecule has 3 nitrogen and oxygen atoms in total. The van der Waals surface area contributed by atoms with Crippen molar-refractivity contribution in [1.29, 1.82) is 0 Å². The highest BCUT2D eigenvalue weighted by molar-refractivity contribution is 9.10. The predicted octanol–water partition coefficient (Wildman–Crippen LogP) is 6.09. The number of carbonyl (C=O) groups excluding carboxylic acids is 1. The van der Waals surface area contributed by atoms with E-state index in [-0.39, 0.29) is 16.7 Å². The van der Waals surface area contributed by atoms with E-state index in [0.717, 1.165) is 36.6 Å². The van der Waals surface area contributed by atoms with Crippen molar-refractivity contribution >= 4 is 22.0 Å². The number of ether oxygens (including phenoxy) is 1. The first-order valence-corrected chi connectivity index (χ1v) is 9.96. The van der Waals surface area contributed by atoms with Crippen LogP contribution in [0.25, 0.3) is 0 Å². The fraction of sp³-hybridized carbons (Fsp3) is 0.667. The molecule has 2 rings (SSSR count). The van der Waals surface area contributed by atoms with Gasteiger partial charge in [0.2, 0.25) is 0 Å². The lowest BCUT2D eigenvalue weighted by molar-refractivity contribution is -0.122. The van der Waals surface area contributed by atoms with Crippen molar-refractivity contribution in [3.63, 3.8) is 0 Å². The van der Waals surface area contributed by atoms with Crippen LogP contribution in [-0.2, 0) is 11.2 Å². The monoisotopic (exact) mass is 409 g/mol. The number of hydrogen-bond acceptors (Lipinski definition) is 2. The molecule has 0 aliphatic heterocycles. The van der Waals surface area contributed by atoms with Crippen LogP contribution in [0.4, 0.5) is 4.79 Å². The van der Waals surface area contributed by atoms with Crippen molar-refractivity contribution in [3.8, 4) is 0 Å². The van der Waals surface area contributed by atoms with E-state index in [1.807, 2.05) is 0 Å². The third-order valence-electron chi connectivity index (χ3n) is 5.72. The molecular formula is C21H32BrNO2. The maximum Gasteiger partial charge on any atom is 0.405 e. The first-order chi connectivity index (χ1) is 11.4. The van der Waals surface area contributed by atoms with Crippen LogP contribution in [0.1, 0.15) is 65.9 Å². The number of carbonyl (C=O) groups is 1. The molecule has 140 valence electrons. The van der Waals surface area contributed by atoms with E-state index >= 15 is 0 Å². The Morgan fingerprint density at radius 1 is 1.24 bits per heavy atom. The second-order valence-corrected chi connectivity index (χ2v) is 10.3. The van der Waals surface area contributed by atoms with Crippen molar-refractivity contribution in [3.05, 3.63) is 34.3 Å². The van der Waals surface area contributed by atoms with E-state index in [2.05, 4.69) is 74.8 Å². The van der Waals surface area contributed by atoms with E-state index in [1.54, 1.807) is 0 Å².